The van der Waals surface area contributed by atoms with Crippen LogP contribution >= 0.6 is 0 Å². The predicted octanol–water partition coefficient (Wildman–Crippen LogP) is 2.14. The summed E-state index contributed by atoms with van der Waals surface area (Å²) in [7, 11) is 0. The van der Waals surface area contributed by atoms with E-state index in [2.05, 4.69) is 39.7 Å². The maximum absolute atomic E-state index is 4.41. The van der Waals surface area contributed by atoms with Gasteiger partial charge < -0.3 is 4.57 Å². The molecule has 0 aliphatic carbocycles. The fourth-order valence-electron chi connectivity index (χ4n) is 2.29. The minimum absolute atomic E-state index is 0.467. The molecule has 2 aromatic rings. The van der Waals surface area contributed by atoms with Gasteiger partial charge in [0.1, 0.15) is 11.6 Å². The second-order valence-electron chi connectivity index (χ2n) is 4.66. The molecule has 1 aliphatic rings. The first-order valence-corrected chi connectivity index (χ1v) is 6.14. The molecule has 1 atom stereocenters. The number of hydrogen-bond acceptors (Lipinski definition) is 3. The van der Waals surface area contributed by atoms with Gasteiger partial charge in [-0.15, -0.1) is 10.2 Å². The number of fused-ring (bicyclic) bond motifs is 2. The minimum Gasteiger partial charge on any atom is -0.310 e. The van der Waals surface area contributed by atoms with Gasteiger partial charge >= 0.3 is 0 Å². The first kappa shape index (κ1) is 10.4. The van der Waals surface area contributed by atoms with Crippen LogP contribution in [0.1, 0.15) is 49.1 Å². The molecule has 0 spiro atoms. The zero-order valence-corrected chi connectivity index (χ0v) is 10.2. The Morgan fingerprint density at radius 2 is 2.29 bits per heavy atom. The van der Waals surface area contributed by atoms with E-state index in [1.54, 1.807) is 0 Å². The number of aromatic nitrogens is 4. The van der Waals surface area contributed by atoms with Gasteiger partial charge in [0.2, 0.25) is 0 Å². The van der Waals surface area contributed by atoms with E-state index >= 15 is 0 Å². The van der Waals surface area contributed by atoms with Gasteiger partial charge in [-0.05, 0) is 18.1 Å². The second kappa shape index (κ2) is 3.95. The van der Waals surface area contributed by atoms with E-state index in [9.17, 15) is 0 Å². The maximum Gasteiger partial charge on any atom is 0.139 e. The highest BCUT2D eigenvalue weighted by atomic mass is 15.3. The average molecular weight is 228 g/mol. The van der Waals surface area contributed by atoms with E-state index in [0.29, 0.717) is 5.92 Å². The highest BCUT2D eigenvalue weighted by Crippen LogP contribution is 2.24. The summed E-state index contributed by atoms with van der Waals surface area (Å²) in [4.78, 5) is 4.41. The zero-order chi connectivity index (χ0) is 11.8. The third kappa shape index (κ3) is 1.64. The summed E-state index contributed by atoms with van der Waals surface area (Å²) in [6.07, 6.45) is 3.75. The first-order valence-electron chi connectivity index (χ1n) is 6.14. The lowest BCUT2D eigenvalue weighted by Gasteiger charge is -2.19. The van der Waals surface area contributed by atoms with Crippen LogP contribution in [0.4, 0.5) is 0 Å². The average Bonchev–Trinajstić information content (AvgIpc) is 2.78. The molecule has 2 aromatic heterocycles. The van der Waals surface area contributed by atoms with Crippen molar-refractivity contribution in [3.8, 4) is 0 Å². The Morgan fingerprint density at radius 3 is 3.12 bits per heavy atom. The van der Waals surface area contributed by atoms with Gasteiger partial charge in [-0.1, -0.05) is 19.9 Å². The summed E-state index contributed by atoms with van der Waals surface area (Å²) in [5, 5.41) is 8.63. The Balaban J connectivity index is 2.02. The predicted molar refractivity (Wildman–Crippen MR) is 64.9 cm³/mol. The van der Waals surface area contributed by atoms with Gasteiger partial charge in [0.25, 0.3) is 0 Å². The lowest BCUT2D eigenvalue weighted by molar-refractivity contribution is 0.592. The largest absolute Gasteiger partial charge is 0.310 e. The molecule has 0 saturated carbocycles. The quantitative estimate of drug-likeness (QED) is 0.675. The third-order valence-electron chi connectivity index (χ3n) is 3.55. The molecule has 4 nitrogen and oxygen atoms in total. The van der Waals surface area contributed by atoms with Crippen LogP contribution in [0.3, 0.4) is 0 Å². The summed E-state index contributed by atoms with van der Waals surface area (Å²) in [5.74, 6) is 2.62. The van der Waals surface area contributed by atoms with Gasteiger partial charge in [-0.2, -0.15) is 0 Å². The molecule has 0 bridgehead atoms. The maximum atomic E-state index is 4.41. The van der Waals surface area contributed by atoms with Crippen LogP contribution in [0.5, 0.6) is 0 Å². The van der Waals surface area contributed by atoms with Crippen molar-refractivity contribution >= 4 is 0 Å². The Labute approximate surface area is 101 Å². The van der Waals surface area contributed by atoms with Crippen molar-refractivity contribution < 1.29 is 0 Å². The van der Waals surface area contributed by atoms with Crippen molar-refractivity contribution in [3.63, 3.8) is 0 Å². The number of hydrogen-bond donors (Lipinski definition) is 0. The SMILES string of the molecule is CCC(C)c1nnc2n1Cc1cccnc1C2. The van der Waals surface area contributed by atoms with E-state index in [-0.39, 0.29) is 0 Å². The van der Waals surface area contributed by atoms with Crippen LogP contribution in [-0.4, -0.2) is 19.7 Å². The standard InChI is InChI=1S/C13H16N4/c1-3-9(2)13-16-15-12-7-11-10(8-17(12)13)5-4-6-14-11/h4-6,9H,3,7-8H2,1-2H3. The van der Waals surface area contributed by atoms with Crippen molar-refractivity contribution in [2.75, 3.05) is 0 Å². The molecule has 0 radical (unpaired) electrons. The molecule has 4 heteroatoms. The van der Waals surface area contributed by atoms with Gasteiger partial charge in [0, 0.05) is 12.1 Å². The minimum atomic E-state index is 0.467. The molecule has 1 unspecified atom stereocenters. The summed E-state index contributed by atoms with van der Waals surface area (Å²) in [5.41, 5.74) is 2.44. The van der Waals surface area contributed by atoms with Crippen molar-refractivity contribution in [2.24, 2.45) is 0 Å². The Hall–Kier alpha value is -1.71. The van der Waals surface area contributed by atoms with E-state index < -0.39 is 0 Å². The molecule has 0 amide bonds. The summed E-state index contributed by atoms with van der Waals surface area (Å²) >= 11 is 0. The van der Waals surface area contributed by atoms with Gasteiger partial charge in [-0.3, -0.25) is 4.98 Å². The molecule has 0 saturated heterocycles. The van der Waals surface area contributed by atoms with Crippen LogP contribution < -0.4 is 0 Å². The normalized spacial score (nSPS) is 15.2. The monoisotopic (exact) mass is 228 g/mol. The molecule has 17 heavy (non-hydrogen) atoms. The Bertz CT molecular complexity index is 544. The topological polar surface area (TPSA) is 43.6 Å². The van der Waals surface area contributed by atoms with Crippen molar-refractivity contribution in [3.05, 3.63) is 41.2 Å². The molecule has 0 N–H and O–H groups in total. The number of pyridine rings is 1. The van der Waals surface area contributed by atoms with E-state index in [0.717, 1.165) is 36.7 Å². The van der Waals surface area contributed by atoms with E-state index in [1.165, 1.54) is 5.56 Å². The highest BCUT2D eigenvalue weighted by molar-refractivity contribution is 5.28. The molecule has 1 aliphatic heterocycles. The molecule has 0 fully saturated rings. The lowest BCUT2D eigenvalue weighted by atomic mass is 10.0. The molecular weight excluding hydrogens is 212 g/mol. The molecule has 3 heterocycles. The summed E-state index contributed by atoms with van der Waals surface area (Å²) < 4.78 is 2.25. The Morgan fingerprint density at radius 1 is 1.41 bits per heavy atom. The summed E-state index contributed by atoms with van der Waals surface area (Å²) in [6.45, 7) is 5.26. The zero-order valence-electron chi connectivity index (χ0n) is 10.2. The second-order valence-corrected chi connectivity index (χ2v) is 4.66. The first-order chi connectivity index (χ1) is 8.29. The van der Waals surface area contributed by atoms with Crippen molar-refractivity contribution in [1.82, 2.24) is 19.7 Å². The van der Waals surface area contributed by atoms with Gasteiger partial charge in [-0.25, -0.2) is 0 Å². The van der Waals surface area contributed by atoms with Crippen LogP contribution in [0, 0.1) is 0 Å². The smallest absolute Gasteiger partial charge is 0.139 e. The third-order valence-corrected chi connectivity index (χ3v) is 3.55. The van der Waals surface area contributed by atoms with E-state index in [1.807, 2.05) is 12.3 Å². The number of nitrogens with zero attached hydrogens (tertiary/aromatic N) is 4. The molecule has 0 aromatic carbocycles. The molecular formula is C13H16N4. The molecule has 88 valence electrons. The fraction of sp³-hybridized carbons (Fsp3) is 0.462. The van der Waals surface area contributed by atoms with Crippen molar-refractivity contribution in [1.29, 1.82) is 0 Å². The molecule has 3 rings (SSSR count). The lowest BCUT2D eigenvalue weighted by Crippen LogP contribution is -2.18. The van der Waals surface area contributed by atoms with Crippen LogP contribution in [0.15, 0.2) is 18.3 Å². The summed E-state index contributed by atoms with van der Waals surface area (Å²) in [6, 6.07) is 4.14. The number of rotatable bonds is 2. The van der Waals surface area contributed by atoms with Crippen LogP contribution in [-0.2, 0) is 13.0 Å². The fourth-order valence-corrected chi connectivity index (χ4v) is 2.29. The van der Waals surface area contributed by atoms with Gasteiger partial charge in [0.15, 0.2) is 0 Å². The highest BCUT2D eigenvalue weighted by Gasteiger charge is 2.22. The van der Waals surface area contributed by atoms with Crippen LogP contribution in [0.2, 0.25) is 0 Å². The van der Waals surface area contributed by atoms with E-state index in [4.69, 9.17) is 0 Å². The van der Waals surface area contributed by atoms with Gasteiger partial charge in [0.05, 0.1) is 18.7 Å². The van der Waals surface area contributed by atoms with Crippen molar-refractivity contribution in [2.45, 2.75) is 39.2 Å². The Kier molecular flexibility index (Phi) is 2.42. The van der Waals surface area contributed by atoms with Crippen LogP contribution in [0.25, 0.3) is 0 Å².